The number of amides is 1. The van der Waals surface area contributed by atoms with Crippen LogP contribution >= 0.6 is 11.6 Å². The highest BCUT2D eigenvalue weighted by atomic mass is 35.5. The van der Waals surface area contributed by atoms with Gasteiger partial charge in [0.1, 0.15) is 5.75 Å². The van der Waals surface area contributed by atoms with E-state index in [-0.39, 0.29) is 12.3 Å². The van der Waals surface area contributed by atoms with Crippen LogP contribution in [0.2, 0.25) is 5.02 Å². The molecule has 19 heavy (non-hydrogen) atoms. The van der Waals surface area contributed by atoms with E-state index in [0.717, 1.165) is 0 Å². The molecule has 1 aromatic rings. The Morgan fingerprint density at radius 1 is 1.47 bits per heavy atom. The number of hydrogen-bond donors (Lipinski definition) is 2. The Balaban J connectivity index is 2.85. The SMILES string of the molecule is CCC(CC(=O)O)NC(=O)c1ccc(Cl)cc1OC. The fraction of sp³-hybridized carbons (Fsp3) is 0.385. The summed E-state index contributed by atoms with van der Waals surface area (Å²) in [6, 6.07) is 4.25. The van der Waals surface area contributed by atoms with Crippen LogP contribution in [-0.4, -0.2) is 30.1 Å². The quantitative estimate of drug-likeness (QED) is 0.841. The zero-order chi connectivity index (χ0) is 14.4. The van der Waals surface area contributed by atoms with E-state index in [1.165, 1.54) is 13.2 Å². The topological polar surface area (TPSA) is 75.6 Å². The molecule has 0 aliphatic carbocycles. The Bertz CT molecular complexity index is 476. The lowest BCUT2D eigenvalue weighted by Crippen LogP contribution is -2.36. The van der Waals surface area contributed by atoms with Gasteiger partial charge in [0.15, 0.2) is 0 Å². The summed E-state index contributed by atoms with van der Waals surface area (Å²) < 4.78 is 5.08. The van der Waals surface area contributed by atoms with Gasteiger partial charge < -0.3 is 15.2 Å². The summed E-state index contributed by atoms with van der Waals surface area (Å²) in [4.78, 5) is 22.7. The van der Waals surface area contributed by atoms with Gasteiger partial charge in [-0.1, -0.05) is 18.5 Å². The first-order chi connectivity index (χ1) is 8.97. The number of benzene rings is 1. The van der Waals surface area contributed by atoms with Crippen LogP contribution in [0.4, 0.5) is 0 Å². The van der Waals surface area contributed by atoms with Gasteiger partial charge in [0.25, 0.3) is 5.91 Å². The summed E-state index contributed by atoms with van der Waals surface area (Å²) in [5.41, 5.74) is 0.329. The lowest BCUT2D eigenvalue weighted by atomic mass is 10.1. The molecule has 0 aliphatic heterocycles. The van der Waals surface area contributed by atoms with Crippen molar-refractivity contribution >= 4 is 23.5 Å². The number of halogens is 1. The molecule has 0 aliphatic rings. The Morgan fingerprint density at radius 2 is 2.16 bits per heavy atom. The molecule has 1 rings (SSSR count). The lowest BCUT2D eigenvalue weighted by Gasteiger charge is -2.16. The van der Waals surface area contributed by atoms with Gasteiger partial charge in [-0.3, -0.25) is 9.59 Å². The molecule has 1 atom stereocenters. The van der Waals surface area contributed by atoms with Crippen LogP contribution in [0.1, 0.15) is 30.1 Å². The van der Waals surface area contributed by atoms with Crippen molar-refractivity contribution in [1.82, 2.24) is 5.32 Å². The van der Waals surface area contributed by atoms with E-state index in [1.54, 1.807) is 12.1 Å². The molecule has 1 aromatic carbocycles. The molecule has 5 nitrogen and oxygen atoms in total. The monoisotopic (exact) mass is 285 g/mol. The molecule has 1 amide bonds. The minimum atomic E-state index is -0.949. The van der Waals surface area contributed by atoms with E-state index >= 15 is 0 Å². The summed E-state index contributed by atoms with van der Waals surface area (Å²) in [6.45, 7) is 1.81. The number of carboxylic acids is 1. The van der Waals surface area contributed by atoms with Crippen molar-refractivity contribution in [1.29, 1.82) is 0 Å². The second kappa shape index (κ2) is 6.99. The molecular weight excluding hydrogens is 270 g/mol. The molecule has 0 bridgehead atoms. The molecule has 0 heterocycles. The molecule has 6 heteroatoms. The van der Waals surface area contributed by atoms with Crippen LogP contribution in [0.25, 0.3) is 0 Å². The summed E-state index contributed by atoms with van der Waals surface area (Å²) in [5.74, 6) is -0.966. The van der Waals surface area contributed by atoms with Crippen LogP contribution in [-0.2, 0) is 4.79 Å². The molecule has 0 fully saturated rings. The van der Waals surface area contributed by atoms with Gasteiger partial charge in [-0.2, -0.15) is 0 Å². The highest BCUT2D eigenvalue weighted by Crippen LogP contribution is 2.23. The first-order valence-corrected chi connectivity index (χ1v) is 6.22. The number of hydrogen-bond acceptors (Lipinski definition) is 3. The number of aliphatic carboxylic acids is 1. The Morgan fingerprint density at radius 3 is 2.68 bits per heavy atom. The summed E-state index contributed by atoms with van der Waals surface area (Å²) in [7, 11) is 1.44. The summed E-state index contributed by atoms with van der Waals surface area (Å²) in [5, 5.41) is 11.9. The minimum Gasteiger partial charge on any atom is -0.496 e. The molecule has 0 aromatic heterocycles. The third-order valence-corrected chi connectivity index (χ3v) is 2.89. The van der Waals surface area contributed by atoms with E-state index in [2.05, 4.69) is 5.32 Å². The highest BCUT2D eigenvalue weighted by Gasteiger charge is 2.18. The maximum Gasteiger partial charge on any atom is 0.305 e. The van der Waals surface area contributed by atoms with Crippen LogP contribution < -0.4 is 10.1 Å². The average molecular weight is 286 g/mol. The molecule has 0 radical (unpaired) electrons. The maximum absolute atomic E-state index is 12.1. The summed E-state index contributed by atoms with van der Waals surface area (Å²) >= 11 is 5.81. The second-order valence-electron chi connectivity index (χ2n) is 4.02. The standard InChI is InChI=1S/C13H16ClNO4/c1-3-9(7-12(16)17)15-13(18)10-5-4-8(14)6-11(10)19-2/h4-6,9H,3,7H2,1-2H3,(H,15,18)(H,16,17). The van der Waals surface area contributed by atoms with E-state index in [9.17, 15) is 9.59 Å². The normalized spacial score (nSPS) is 11.7. The van der Waals surface area contributed by atoms with Gasteiger partial charge in [-0.05, 0) is 24.6 Å². The molecular formula is C13H16ClNO4. The van der Waals surface area contributed by atoms with Crippen LogP contribution in [0.3, 0.4) is 0 Å². The smallest absolute Gasteiger partial charge is 0.305 e. The molecule has 0 spiro atoms. The van der Waals surface area contributed by atoms with Gasteiger partial charge in [0.05, 0.1) is 19.1 Å². The third kappa shape index (κ3) is 4.44. The van der Waals surface area contributed by atoms with Gasteiger partial charge >= 0.3 is 5.97 Å². The van der Waals surface area contributed by atoms with E-state index in [0.29, 0.717) is 22.8 Å². The van der Waals surface area contributed by atoms with Crippen molar-refractivity contribution in [3.8, 4) is 5.75 Å². The van der Waals surface area contributed by atoms with Crippen LogP contribution in [0.15, 0.2) is 18.2 Å². The average Bonchev–Trinajstić information content (AvgIpc) is 2.36. The Labute approximate surface area is 116 Å². The first kappa shape index (κ1) is 15.3. The van der Waals surface area contributed by atoms with Gasteiger partial charge in [-0.15, -0.1) is 0 Å². The fourth-order valence-electron chi connectivity index (χ4n) is 1.62. The zero-order valence-electron chi connectivity index (χ0n) is 10.8. The number of ether oxygens (including phenoxy) is 1. The van der Waals surface area contributed by atoms with E-state index in [1.807, 2.05) is 6.92 Å². The van der Waals surface area contributed by atoms with Crippen LogP contribution in [0, 0.1) is 0 Å². The van der Waals surface area contributed by atoms with E-state index in [4.69, 9.17) is 21.4 Å². The lowest BCUT2D eigenvalue weighted by molar-refractivity contribution is -0.137. The van der Waals surface area contributed by atoms with Crippen molar-refractivity contribution in [3.05, 3.63) is 28.8 Å². The fourth-order valence-corrected chi connectivity index (χ4v) is 1.79. The molecule has 1 unspecified atom stereocenters. The Kier molecular flexibility index (Phi) is 5.63. The predicted molar refractivity (Wildman–Crippen MR) is 71.8 cm³/mol. The molecule has 0 saturated heterocycles. The van der Waals surface area contributed by atoms with Crippen molar-refractivity contribution in [2.45, 2.75) is 25.8 Å². The number of rotatable bonds is 6. The zero-order valence-corrected chi connectivity index (χ0v) is 11.5. The Hall–Kier alpha value is -1.75. The van der Waals surface area contributed by atoms with Crippen LogP contribution in [0.5, 0.6) is 5.75 Å². The highest BCUT2D eigenvalue weighted by molar-refractivity contribution is 6.30. The number of methoxy groups -OCH3 is 1. The van der Waals surface area contributed by atoms with Gasteiger partial charge in [0.2, 0.25) is 0 Å². The van der Waals surface area contributed by atoms with Crippen molar-refractivity contribution in [2.75, 3.05) is 7.11 Å². The first-order valence-electron chi connectivity index (χ1n) is 5.84. The molecule has 0 saturated carbocycles. The third-order valence-electron chi connectivity index (χ3n) is 2.66. The summed E-state index contributed by atoms with van der Waals surface area (Å²) in [6.07, 6.45) is 0.423. The molecule has 104 valence electrons. The number of carbonyl (C=O) groups is 2. The van der Waals surface area contributed by atoms with Crippen molar-refractivity contribution in [3.63, 3.8) is 0 Å². The van der Waals surface area contributed by atoms with E-state index < -0.39 is 12.0 Å². The predicted octanol–water partition coefficient (Wildman–Crippen LogP) is 2.33. The number of carboxylic acid groups (broad SMARTS) is 1. The molecule has 2 N–H and O–H groups in total. The second-order valence-corrected chi connectivity index (χ2v) is 4.46. The number of nitrogens with one attached hydrogen (secondary N) is 1. The van der Waals surface area contributed by atoms with Crippen molar-refractivity contribution in [2.24, 2.45) is 0 Å². The van der Waals surface area contributed by atoms with Crippen molar-refractivity contribution < 1.29 is 19.4 Å². The minimum absolute atomic E-state index is 0.113. The largest absolute Gasteiger partial charge is 0.496 e. The van der Waals surface area contributed by atoms with Gasteiger partial charge in [-0.25, -0.2) is 0 Å². The maximum atomic E-state index is 12.1. The van der Waals surface area contributed by atoms with Gasteiger partial charge in [0, 0.05) is 11.1 Å². The number of carbonyl (C=O) groups excluding carboxylic acids is 1.